The fourth-order valence-electron chi connectivity index (χ4n) is 1.87. The molecule has 0 aromatic carbocycles. The number of halogens is 2. The van der Waals surface area contributed by atoms with Crippen LogP contribution in [0.25, 0.3) is 0 Å². The minimum Gasteiger partial charge on any atom is -0.311 e. The van der Waals surface area contributed by atoms with Gasteiger partial charge in [0.2, 0.25) is 0 Å². The minimum atomic E-state index is -3.34. The summed E-state index contributed by atoms with van der Waals surface area (Å²) in [5.74, 6) is 0. The van der Waals surface area contributed by atoms with Crippen molar-refractivity contribution in [3.8, 4) is 0 Å². The van der Waals surface area contributed by atoms with Gasteiger partial charge in [-0.1, -0.05) is 0 Å². The summed E-state index contributed by atoms with van der Waals surface area (Å²) in [5, 5.41) is 3.28. The van der Waals surface area contributed by atoms with Gasteiger partial charge in [0.25, 0.3) is 10.0 Å². The second-order valence-electron chi connectivity index (χ2n) is 4.29. The Morgan fingerprint density at radius 2 is 2.11 bits per heavy atom. The van der Waals surface area contributed by atoms with E-state index in [1.54, 1.807) is 16.4 Å². The van der Waals surface area contributed by atoms with E-state index >= 15 is 0 Å². The molecule has 104 valence electrons. The first-order valence-electron chi connectivity index (χ1n) is 5.42. The van der Waals surface area contributed by atoms with Crippen molar-refractivity contribution in [2.24, 2.45) is 0 Å². The number of nitrogens with zero attached hydrogens (tertiary/aromatic N) is 1. The normalized spacial score (nSPS) is 25.7. The molecular weight excluding hydrogens is 360 g/mol. The topological polar surface area (TPSA) is 49.4 Å². The molecule has 1 aliphatic heterocycles. The van der Waals surface area contributed by atoms with Crippen LogP contribution in [0.2, 0.25) is 0 Å². The zero-order valence-electron chi connectivity index (χ0n) is 10.1. The van der Waals surface area contributed by atoms with Crippen LogP contribution >= 0.6 is 39.7 Å². The molecule has 0 bridgehead atoms. The molecule has 1 aromatic rings. The van der Waals surface area contributed by atoms with Crippen LogP contribution < -0.4 is 5.32 Å². The van der Waals surface area contributed by atoms with Crippen molar-refractivity contribution in [2.45, 2.75) is 30.1 Å². The molecule has 0 aliphatic carbocycles. The predicted molar refractivity (Wildman–Crippen MR) is 80.1 cm³/mol. The highest BCUT2D eigenvalue weighted by molar-refractivity contribution is 9.11. The monoisotopic (exact) mass is 374 g/mol. The van der Waals surface area contributed by atoms with Crippen LogP contribution in [0, 0.1) is 0 Å². The molecule has 0 amide bonds. The molecule has 1 N–H and O–H groups in total. The lowest BCUT2D eigenvalue weighted by Crippen LogP contribution is -2.55. The van der Waals surface area contributed by atoms with Gasteiger partial charge in [0, 0.05) is 25.2 Å². The highest BCUT2D eigenvalue weighted by atomic mass is 79.9. The van der Waals surface area contributed by atoms with Crippen LogP contribution in [0.5, 0.6) is 0 Å². The summed E-state index contributed by atoms with van der Waals surface area (Å²) in [6, 6.07) is 3.62. The lowest BCUT2D eigenvalue weighted by molar-refractivity contribution is 0.245. The third kappa shape index (κ3) is 3.26. The van der Waals surface area contributed by atoms with Gasteiger partial charge in [-0.25, -0.2) is 8.42 Å². The second kappa shape index (κ2) is 6.19. The molecule has 0 radical (unpaired) electrons. The highest BCUT2D eigenvalue weighted by Crippen LogP contribution is 2.29. The van der Waals surface area contributed by atoms with Crippen molar-refractivity contribution < 1.29 is 8.42 Å². The van der Waals surface area contributed by atoms with E-state index in [2.05, 4.69) is 21.2 Å². The molecule has 0 saturated carbocycles. The van der Waals surface area contributed by atoms with E-state index in [-0.39, 0.29) is 24.5 Å². The molecule has 2 heterocycles. The number of rotatable bonds is 2. The van der Waals surface area contributed by atoms with Gasteiger partial charge in [-0.05, 0) is 41.9 Å². The van der Waals surface area contributed by atoms with Crippen LogP contribution in [0.3, 0.4) is 0 Å². The van der Waals surface area contributed by atoms with Crippen molar-refractivity contribution >= 4 is 49.7 Å². The van der Waals surface area contributed by atoms with E-state index in [4.69, 9.17) is 0 Å². The summed E-state index contributed by atoms with van der Waals surface area (Å²) in [5.41, 5.74) is 0. The first-order valence-corrected chi connectivity index (χ1v) is 8.47. The third-order valence-electron chi connectivity index (χ3n) is 2.82. The van der Waals surface area contributed by atoms with Crippen LogP contribution in [-0.2, 0) is 10.0 Å². The van der Waals surface area contributed by atoms with Crippen LogP contribution in [-0.4, -0.2) is 37.9 Å². The Labute approximate surface area is 126 Å². The van der Waals surface area contributed by atoms with Crippen molar-refractivity contribution in [1.29, 1.82) is 0 Å². The minimum absolute atomic E-state index is 0. The number of nitrogens with one attached hydrogen (secondary N) is 1. The van der Waals surface area contributed by atoms with Gasteiger partial charge in [-0.3, -0.25) is 0 Å². The number of piperazine rings is 1. The largest absolute Gasteiger partial charge is 0.311 e. The molecule has 1 saturated heterocycles. The first kappa shape index (κ1) is 16.4. The van der Waals surface area contributed by atoms with Gasteiger partial charge >= 0.3 is 0 Å². The summed E-state index contributed by atoms with van der Waals surface area (Å²) in [7, 11) is -3.34. The zero-order chi connectivity index (χ0) is 12.6. The van der Waals surface area contributed by atoms with E-state index in [1.165, 1.54) is 11.3 Å². The lowest BCUT2D eigenvalue weighted by atomic mass is 10.2. The molecule has 1 fully saturated rings. The van der Waals surface area contributed by atoms with Crippen molar-refractivity contribution in [1.82, 2.24) is 9.62 Å². The molecule has 18 heavy (non-hydrogen) atoms. The SMILES string of the molecule is CC1CN(S(=O)(=O)c2ccc(Br)s2)C(C)CN1.Cl. The molecule has 0 spiro atoms. The third-order valence-corrected chi connectivity index (χ3v) is 6.89. The Bertz CT molecular complexity index is 506. The first-order chi connectivity index (χ1) is 7.91. The molecular formula is C10H16BrClN2O2S2. The average molecular weight is 376 g/mol. The van der Waals surface area contributed by atoms with Gasteiger partial charge < -0.3 is 5.32 Å². The van der Waals surface area contributed by atoms with Gasteiger partial charge in [-0.15, -0.1) is 23.7 Å². The lowest BCUT2D eigenvalue weighted by Gasteiger charge is -2.36. The molecule has 2 unspecified atom stereocenters. The summed E-state index contributed by atoms with van der Waals surface area (Å²) >= 11 is 4.56. The zero-order valence-corrected chi connectivity index (χ0v) is 14.1. The summed E-state index contributed by atoms with van der Waals surface area (Å²) in [4.78, 5) is 0. The fraction of sp³-hybridized carbons (Fsp3) is 0.600. The van der Waals surface area contributed by atoms with E-state index in [0.717, 1.165) is 3.79 Å². The Morgan fingerprint density at radius 3 is 2.67 bits per heavy atom. The second-order valence-corrected chi connectivity index (χ2v) is 8.87. The van der Waals surface area contributed by atoms with Gasteiger partial charge in [0.1, 0.15) is 4.21 Å². The Hall–Kier alpha value is 0.340. The maximum atomic E-state index is 12.4. The van der Waals surface area contributed by atoms with E-state index in [1.807, 2.05) is 13.8 Å². The summed E-state index contributed by atoms with van der Waals surface area (Å²) < 4.78 is 27.7. The van der Waals surface area contributed by atoms with Gasteiger partial charge in [0.05, 0.1) is 3.79 Å². The molecule has 2 rings (SSSR count). The molecule has 1 aromatic heterocycles. The standard InChI is InChI=1S/C10H15BrN2O2S2.ClH/c1-7-6-13(8(2)5-12-7)17(14,15)10-4-3-9(11)16-10;/h3-4,7-8,12H,5-6H2,1-2H3;1H. The maximum Gasteiger partial charge on any atom is 0.252 e. The van der Waals surface area contributed by atoms with E-state index in [0.29, 0.717) is 17.3 Å². The molecule has 1 aliphatic rings. The van der Waals surface area contributed by atoms with Crippen LogP contribution in [0.1, 0.15) is 13.8 Å². The van der Waals surface area contributed by atoms with E-state index in [9.17, 15) is 8.42 Å². The molecule has 4 nitrogen and oxygen atoms in total. The Morgan fingerprint density at radius 1 is 1.44 bits per heavy atom. The number of hydrogen-bond acceptors (Lipinski definition) is 4. The highest BCUT2D eigenvalue weighted by Gasteiger charge is 2.34. The van der Waals surface area contributed by atoms with Crippen LogP contribution in [0.15, 0.2) is 20.1 Å². The van der Waals surface area contributed by atoms with E-state index < -0.39 is 10.0 Å². The summed E-state index contributed by atoms with van der Waals surface area (Å²) in [6.45, 7) is 5.16. The average Bonchev–Trinajstić information content (AvgIpc) is 2.69. The van der Waals surface area contributed by atoms with Crippen molar-refractivity contribution in [2.75, 3.05) is 13.1 Å². The Kier molecular flexibility index (Phi) is 5.64. The maximum absolute atomic E-state index is 12.4. The van der Waals surface area contributed by atoms with Gasteiger partial charge in [0.15, 0.2) is 0 Å². The molecule has 8 heteroatoms. The molecule has 2 atom stereocenters. The van der Waals surface area contributed by atoms with Crippen molar-refractivity contribution in [3.63, 3.8) is 0 Å². The summed E-state index contributed by atoms with van der Waals surface area (Å²) in [6.07, 6.45) is 0. The van der Waals surface area contributed by atoms with Gasteiger partial charge in [-0.2, -0.15) is 4.31 Å². The number of hydrogen-bond donors (Lipinski definition) is 1. The van der Waals surface area contributed by atoms with Crippen molar-refractivity contribution in [3.05, 3.63) is 15.9 Å². The smallest absolute Gasteiger partial charge is 0.252 e. The fourth-order valence-corrected chi connectivity index (χ4v) is 5.73. The van der Waals surface area contributed by atoms with Crippen LogP contribution in [0.4, 0.5) is 0 Å². The quantitative estimate of drug-likeness (QED) is 0.863. The number of thiophene rings is 1. The number of sulfonamides is 1. The Balaban J connectivity index is 0.00000162. The predicted octanol–water partition coefficient (Wildman–Crippen LogP) is 2.30.